The normalized spacial score (nSPS) is 19.2. The number of benzene rings is 1. The van der Waals surface area contributed by atoms with Crippen LogP contribution in [0.15, 0.2) is 23.1 Å². The van der Waals surface area contributed by atoms with Crippen molar-refractivity contribution in [3.05, 3.63) is 29.6 Å². The van der Waals surface area contributed by atoms with Gasteiger partial charge in [-0.1, -0.05) is 0 Å². The highest BCUT2D eigenvalue weighted by molar-refractivity contribution is 7.89. The lowest BCUT2D eigenvalue weighted by molar-refractivity contribution is -0.140. The Bertz CT molecular complexity index is 631. The van der Waals surface area contributed by atoms with Crippen LogP contribution in [0.4, 0.5) is 17.6 Å². The van der Waals surface area contributed by atoms with Crippen molar-refractivity contribution in [3.63, 3.8) is 0 Å². The van der Waals surface area contributed by atoms with Crippen LogP contribution in [0.2, 0.25) is 0 Å². The Hall–Kier alpha value is -0.900. The van der Waals surface area contributed by atoms with Gasteiger partial charge in [0.2, 0.25) is 10.0 Å². The summed E-state index contributed by atoms with van der Waals surface area (Å²) in [6.07, 6.45) is -3.06. The number of hydrogen-bond donors (Lipinski definition) is 2. The molecule has 0 amide bonds. The molecule has 1 aromatic rings. The van der Waals surface area contributed by atoms with Gasteiger partial charge in [0.25, 0.3) is 0 Å². The van der Waals surface area contributed by atoms with Crippen molar-refractivity contribution in [2.75, 3.05) is 19.6 Å². The van der Waals surface area contributed by atoms with E-state index < -0.39 is 32.5 Å². The lowest BCUT2D eigenvalue weighted by Crippen LogP contribution is -2.38. The molecule has 132 valence electrons. The zero-order valence-electron chi connectivity index (χ0n) is 12.0. The van der Waals surface area contributed by atoms with Gasteiger partial charge in [-0.25, -0.2) is 17.5 Å². The van der Waals surface area contributed by atoms with Gasteiger partial charge in [-0.3, -0.25) is 0 Å². The SMILES string of the molecule is Cl.O=S(=O)(NCC1CCCNC1)c1ccc(C(F)(F)F)c(F)c1. The molecule has 1 saturated heterocycles. The first-order chi connectivity index (χ1) is 10.2. The van der Waals surface area contributed by atoms with Gasteiger partial charge in [0.05, 0.1) is 10.5 Å². The maximum Gasteiger partial charge on any atom is 0.419 e. The van der Waals surface area contributed by atoms with Crippen molar-refractivity contribution in [2.45, 2.75) is 23.9 Å². The molecule has 1 aromatic carbocycles. The maximum absolute atomic E-state index is 13.4. The highest BCUT2D eigenvalue weighted by Gasteiger charge is 2.34. The smallest absolute Gasteiger partial charge is 0.316 e. The van der Waals surface area contributed by atoms with Crippen LogP contribution in [0, 0.1) is 11.7 Å². The molecule has 10 heteroatoms. The van der Waals surface area contributed by atoms with Gasteiger partial charge in [0.15, 0.2) is 0 Å². The van der Waals surface area contributed by atoms with E-state index in [1.165, 1.54) is 0 Å². The minimum atomic E-state index is -4.85. The Morgan fingerprint density at radius 2 is 2.00 bits per heavy atom. The topological polar surface area (TPSA) is 58.2 Å². The van der Waals surface area contributed by atoms with Crippen molar-refractivity contribution in [3.8, 4) is 0 Å². The number of halogens is 5. The third kappa shape index (κ3) is 5.30. The van der Waals surface area contributed by atoms with E-state index in [1.54, 1.807) is 0 Å². The Balaban J connectivity index is 0.00000264. The predicted octanol–water partition coefficient (Wildman–Crippen LogP) is 2.54. The second-order valence-electron chi connectivity index (χ2n) is 5.20. The van der Waals surface area contributed by atoms with Gasteiger partial charge in [0.1, 0.15) is 5.82 Å². The monoisotopic (exact) mass is 376 g/mol. The van der Waals surface area contributed by atoms with Crippen molar-refractivity contribution < 1.29 is 26.0 Å². The molecule has 1 aliphatic rings. The second kappa shape index (κ2) is 7.78. The Kier molecular flexibility index (Phi) is 6.81. The number of alkyl halides is 3. The zero-order chi connectivity index (χ0) is 16.4. The van der Waals surface area contributed by atoms with Crippen molar-refractivity contribution >= 4 is 22.4 Å². The van der Waals surface area contributed by atoms with Crippen LogP contribution in [0.25, 0.3) is 0 Å². The molecule has 1 unspecified atom stereocenters. The fourth-order valence-electron chi connectivity index (χ4n) is 2.30. The molecular weight excluding hydrogens is 360 g/mol. The van der Waals surface area contributed by atoms with Gasteiger partial charge in [0, 0.05) is 6.54 Å². The predicted molar refractivity (Wildman–Crippen MR) is 79.4 cm³/mol. The lowest BCUT2D eigenvalue weighted by atomic mass is 10.0. The Morgan fingerprint density at radius 1 is 1.30 bits per heavy atom. The molecule has 2 N–H and O–H groups in total. The van der Waals surface area contributed by atoms with E-state index in [1.807, 2.05) is 0 Å². The van der Waals surface area contributed by atoms with Gasteiger partial charge in [-0.05, 0) is 50.0 Å². The molecule has 0 aromatic heterocycles. The summed E-state index contributed by atoms with van der Waals surface area (Å²) in [6, 6.07) is 1.59. The van der Waals surface area contributed by atoms with E-state index in [9.17, 15) is 26.0 Å². The number of piperidine rings is 1. The molecule has 0 aliphatic carbocycles. The van der Waals surface area contributed by atoms with E-state index in [-0.39, 0.29) is 24.9 Å². The van der Waals surface area contributed by atoms with Crippen LogP contribution in [-0.2, 0) is 16.2 Å². The molecule has 0 radical (unpaired) electrons. The summed E-state index contributed by atoms with van der Waals surface area (Å²) < 4.78 is 77.1. The van der Waals surface area contributed by atoms with E-state index in [4.69, 9.17) is 0 Å². The summed E-state index contributed by atoms with van der Waals surface area (Å²) in [5.41, 5.74) is -1.48. The van der Waals surface area contributed by atoms with E-state index in [2.05, 4.69) is 10.0 Å². The molecule has 23 heavy (non-hydrogen) atoms. The third-order valence-electron chi connectivity index (χ3n) is 3.52. The molecule has 1 fully saturated rings. The van der Waals surface area contributed by atoms with E-state index in [0.717, 1.165) is 25.5 Å². The van der Waals surface area contributed by atoms with Gasteiger partial charge in [-0.2, -0.15) is 13.2 Å². The summed E-state index contributed by atoms with van der Waals surface area (Å²) in [6.45, 7) is 1.72. The second-order valence-corrected chi connectivity index (χ2v) is 6.97. The first kappa shape index (κ1) is 20.1. The zero-order valence-corrected chi connectivity index (χ0v) is 13.6. The summed E-state index contributed by atoms with van der Waals surface area (Å²) in [4.78, 5) is -0.512. The molecule has 0 spiro atoms. The van der Waals surface area contributed by atoms with Crippen molar-refractivity contribution in [2.24, 2.45) is 5.92 Å². The van der Waals surface area contributed by atoms with Crippen LogP contribution in [0.3, 0.4) is 0 Å². The van der Waals surface area contributed by atoms with Crippen LogP contribution < -0.4 is 10.0 Å². The largest absolute Gasteiger partial charge is 0.419 e. The molecule has 1 atom stereocenters. The van der Waals surface area contributed by atoms with E-state index in [0.29, 0.717) is 18.7 Å². The molecule has 0 saturated carbocycles. The summed E-state index contributed by atoms with van der Waals surface area (Å²) >= 11 is 0. The average molecular weight is 377 g/mol. The Labute approximate surface area is 138 Å². The van der Waals surface area contributed by atoms with Crippen LogP contribution in [-0.4, -0.2) is 28.1 Å². The quantitative estimate of drug-likeness (QED) is 0.794. The maximum atomic E-state index is 13.4. The molecular formula is C13H17ClF4N2O2S. The third-order valence-corrected chi connectivity index (χ3v) is 4.94. The van der Waals surface area contributed by atoms with Gasteiger partial charge >= 0.3 is 6.18 Å². The minimum absolute atomic E-state index is 0. The first-order valence-electron chi connectivity index (χ1n) is 6.77. The van der Waals surface area contributed by atoms with Crippen LogP contribution >= 0.6 is 12.4 Å². The van der Waals surface area contributed by atoms with Crippen molar-refractivity contribution in [1.82, 2.24) is 10.0 Å². The molecule has 1 aliphatic heterocycles. The fourth-order valence-corrected chi connectivity index (χ4v) is 3.43. The van der Waals surface area contributed by atoms with Gasteiger partial charge in [-0.15, -0.1) is 12.4 Å². The van der Waals surface area contributed by atoms with Crippen molar-refractivity contribution in [1.29, 1.82) is 0 Å². The number of hydrogen-bond acceptors (Lipinski definition) is 3. The van der Waals surface area contributed by atoms with Crippen LogP contribution in [0.1, 0.15) is 18.4 Å². The Morgan fingerprint density at radius 3 is 2.52 bits per heavy atom. The number of sulfonamides is 1. The summed E-state index contributed by atoms with van der Waals surface area (Å²) in [5.74, 6) is -1.49. The highest BCUT2D eigenvalue weighted by Crippen LogP contribution is 2.32. The molecule has 0 bridgehead atoms. The fraction of sp³-hybridized carbons (Fsp3) is 0.538. The van der Waals surface area contributed by atoms with Crippen LogP contribution in [0.5, 0.6) is 0 Å². The average Bonchev–Trinajstić information content (AvgIpc) is 2.45. The summed E-state index contributed by atoms with van der Waals surface area (Å²) in [5, 5.41) is 3.12. The number of rotatable bonds is 4. The minimum Gasteiger partial charge on any atom is -0.316 e. The highest BCUT2D eigenvalue weighted by atomic mass is 35.5. The molecule has 4 nitrogen and oxygen atoms in total. The lowest BCUT2D eigenvalue weighted by Gasteiger charge is -2.22. The number of nitrogens with one attached hydrogen (secondary N) is 2. The molecule has 1 heterocycles. The summed E-state index contributed by atoms with van der Waals surface area (Å²) in [7, 11) is -4.03. The van der Waals surface area contributed by atoms with Gasteiger partial charge < -0.3 is 5.32 Å². The first-order valence-corrected chi connectivity index (χ1v) is 8.25. The standard InChI is InChI=1S/C13H16F4N2O2S.ClH/c14-12-6-10(3-4-11(12)13(15,16)17)22(20,21)19-8-9-2-1-5-18-7-9;/h3-4,6,9,18-19H,1-2,5,7-8H2;1H. The van der Waals surface area contributed by atoms with E-state index >= 15 is 0 Å². The molecule has 2 rings (SSSR count).